The van der Waals surface area contributed by atoms with Crippen LogP contribution in [-0.2, 0) is 29.9 Å². The summed E-state index contributed by atoms with van der Waals surface area (Å²) in [5, 5.41) is 0. The Morgan fingerprint density at radius 2 is 1.62 bits per heavy atom. The molecular formula is C21H37N2O7SSi+. The van der Waals surface area contributed by atoms with Crippen LogP contribution in [0.3, 0.4) is 0 Å². The van der Waals surface area contributed by atoms with Gasteiger partial charge in [-0.05, 0) is 30.7 Å². The summed E-state index contributed by atoms with van der Waals surface area (Å²) in [5.74, 6) is 0.615. The fraction of sp³-hybridized carbons (Fsp3) is 0.714. The van der Waals surface area contributed by atoms with E-state index in [1.165, 1.54) is 0 Å². The number of hydrogen-bond acceptors (Lipinski definition) is 7. The summed E-state index contributed by atoms with van der Waals surface area (Å²) in [4.78, 5) is 2.31. The number of rotatable bonds is 11. The lowest BCUT2D eigenvalue weighted by Gasteiger charge is -2.38. The standard InChI is InChI=1S/C21H36N2O7SSi/c1-23(2,12-3-17-31(24,25)26)19-20-5-7-21(8-6-20)27-13-4-18-32-28-14-9-22(10-15-29-32)11-16-30-32/h5-8H,3-4,9-19H2,1-2H3/p+1. The van der Waals surface area contributed by atoms with E-state index < -0.39 is 18.9 Å². The number of fused-ring (bicyclic) bond motifs is 6. The molecule has 3 aliphatic heterocycles. The molecule has 3 saturated heterocycles. The van der Waals surface area contributed by atoms with Gasteiger partial charge in [-0.1, -0.05) is 0 Å². The molecule has 1 N–H and O–H groups in total. The van der Waals surface area contributed by atoms with E-state index in [1.807, 2.05) is 38.4 Å². The SMILES string of the molecule is C[N+](C)(CCCS(=O)(=O)O)Cc1ccc(OCCC[Si]23OCCN(CCO2)CCO3)cc1. The van der Waals surface area contributed by atoms with Crippen LogP contribution >= 0.6 is 0 Å². The van der Waals surface area contributed by atoms with Crippen LogP contribution < -0.4 is 4.74 Å². The molecule has 9 nitrogen and oxygen atoms in total. The van der Waals surface area contributed by atoms with Crippen molar-refractivity contribution >= 4 is 18.9 Å². The predicted molar refractivity (Wildman–Crippen MR) is 123 cm³/mol. The molecule has 0 unspecified atom stereocenters. The highest BCUT2D eigenvalue weighted by molar-refractivity contribution is 7.85. The topological polar surface area (TPSA) is 94.5 Å². The lowest BCUT2D eigenvalue weighted by molar-refractivity contribution is -0.903. The maximum Gasteiger partial charge on any atom is 0.501 e. The van der Waals surface area contributed by atoms with E-state index in [0.29, 0.717) is 43.9 Å². The van der Waals surface area contributed by atoms with E-state index in [0.717, 1.165) is 50.0 Å². The largest absolute Gasteiger partial charge is 0.501 e. The second-order valence-corrected chi connectivity index (χ2v) is 13.4. The zero-order valence-electron chi connectivity index (χ0n) is 19.2. The molecule has 0 amide bonds. The molecule has 0 saturated carbocycles. The lowest BCUT2D eigenvalue weighted by atomic mass is 10.2. The van der Waals surface area contributed by atoms with Gasteiger partial charge >= 0.3 is 8.80 Å². The average molecular weight is 490 g/mol. The minimum atomic E-state index is -3.90. The second kappa shape index (κ2) is 11.4. The third-order valence-corrected chi connectivity index (χ3v) is 9.49. The van der Waals surface area contributed by atoms with Crippen LogP contribution in [0, 0.1) is 0 Å². The smallest absolute Gasteiger partial charge is 0.494 e. The Kier molecular flexibility index (Phi) is 9.10. The maximum absolute atomic E-state index is 10.9. The van der Waals surface area contributed by atoms with Gasteiger partial charge in [0.25, 0.3) is 10.1 Å². The van der Waals surface area contributed by atoms with Gasteiger partial charge in [-0.3, -0.25) is 9.45 Å². The Labute approximate surface area is 192 Å². The summed E-state index contributed by atoms with van der Waals surface area (Å²) < 4.78 is 55.4. The van der Waals surface area contributed by atoms with E-state index in [9.17, 15) is 8.42 Å². The second-order valence-electron chi connectivity index (χ2n) is 9.12. The Morgan fingerprint density at radius 3 is 2.19 bits per heavy atom. The number of nitrogens with zero attached hydrogens (tertiary/aromatic N) is 2. The molecule has 3 fully saturated rings. The normalized spacial score (nSPS) is 24.5. The van der Waals surface area contributed by atoms with Gasteiger partial charge in [-0.15, -0.1) is 0 Å². The molecule has 182 valence electrons. The van der Waals surface area contributed by atoms with Crippen LogP contribution in [0.2, 0.25) is 6.04 Å². The summed E-state index contributed by atoms with van der Waals surface area (Å²) in [7, 11) is -2.39. The molecule has 0 aliphatic carbocycles. The molecule has 32 heavy (non-hydrogen) atoms. The third kappa shape index (κ3) is 8.71. The first-order valence-electron chi connectivity index (χ1n) is 11.3. The van der Waals surface area contributed by atoms with Gasteiger partial charge in [0.15, 0.2) is 0 Å². The number of ether oxygens (including phenoxy) is 1. The van der Waals surface area contributed by atoms with Gasteiger partial charge < -0.3 is 22.5 Å². The van der Waals surface area contributed by atoms with Gasteiger partial charge in [0.05, 0.1) is 52.8 Å². The molecular weight excluding hydrogens is 452 g/mol. The van der Waals surface area contributed by atoms with Crippen LogP contribution in [0.5, 0.6) is 5.75 Å². The average Bonchev–Trinajstić information content (AvgIpc) is 2.65. The van der Waals surface area contributed by atoms with Crippen molar-refractivity contribution in [2.24, 2.45) is 0 Å². The van der Waals surface area contributed by atoms with E-state index in [2.05, 4.69) is 4.90 Å². The number of hydrogen-bond donors (Lipinski definition) is 1. The minimum absolute atomic E-state index is 0.203. The van der Waals surface area contributed by atoms with Crippen molar-refractivity contribution in [1.82, 2.24) is 4.90 Å². The van der Waals surface area contributed by atoms with Crippen molar-refractivity contribution in [3.63, 3.8) is 0 Å². The fourth-order valence-corrected chi connectivity index (χ4v) is 7.05. The Hall–Kier alpha value is -1.05. The molecule has 2 bridgehead atoms. The molecule has 4 rings (SSSR count). The first-order chi connectivity index (χ1) is 15.1. The molecule has 11 heteroatoms. The summed E-state index contributed by atoms with van der Waals surface area (Å²) in [6.07, 6.45) is 1.24. The zero-order valence-corrected chi connectivity index (χ0v) is 21.0. The molecule has 0 aromatic heterocycles. The molecule has 3 heterocycles. The van der Waals surface area contributed by atoms with Crippen molar-refractivity contribution < 1.29 is 35.5 Å². The van der Waals surface area contributed by atoms with Crippen molar-refractivity contribution in [3.8, 4) is 5.75 Å². The minimum Gasteiger partial charge on any atom is -0.494 e. The zero-order chi connectivity index (χ0) is 23.1. The molecule has 0 spiro atoms. The van der Waals surface area contributed by atoms with E-state index in [1.54, 1.807) is 0 Å². The highest BCUT2D eigenvalue weighted by atomic mass is 32.2. The van der Waals surface area contributed by atoms with Crippen molar-refractivity contribution in [2.45, 2.75) is 25.4 Å². The Morgan fingerprint density at radius 1 is 1.03 bits per heavy atom. The first kappa shape index (κ1) is 25.6. The highest BCUT2D eigenvalue weighted by Gasteiger charge is 2.43. The number of quaternary nitrogens is 1. The summed E-state index contributed by atoms with van der Waals surface area (Å²) in [5.41, 5.74) is 1.15. The van der Waals surface area contributed by atoms with Crippen molar-refractivity contribution in [1.29, 1.82) is 0 Å². The van der Waals surface area contributed by atoms with E-state index in [-0.39, 0.29) is 5.75 Å². The summed E-state index contributed by atoms with van der Waals surface area (Å²) in [6.45, 7) is 6.84. The van der Waals surface area contributed by atoms with Crippen LogP contribution in [0.25, 0.3) is 0 Å². The summed E-state index contributed by atoms with van der Waals surface area (Å²) >= 11 is 0. The molecule has 1 aromatic carbocycles. The van der Waals surface area contributed by atoms with Gasteiger partial charge in [0.2, 0.25) is 0 Å². The fourth-order valence-electron chi connectivity index (χ4n) is 4.09. The van der Waals surface area contributed by atoms with Crippen LogP contribution in [0.15, 0.2) is 24.3 Å². The van der Waals surface area contributed by atoms with Crippen LogP contribution in [-0.4, -0.2) is 104 Å². The van der Waals surface area contributed by atoms with Crippen LogP contribution in [0.4, 0.5) is 0 Å². The third-order valence-electron chi connectivity index (χ3n) is 5.78. The molecule has 0 atom stereocenters. The van der Waals surface area contributed by atoms with Gasteiger partial charge in [-0.25, -0.2) is 0 Å². The van der Waals surface area contributed by atoms with Gasteiger partial charge in [0, 0.05) is 37.7 Å². The van der Waals surface area contributed by atoms with Crippen LogP contribution in [0.1, 0.15) is 18.4 Å². The monoisotopic (exact) mass is 489 g/mol. The quantitative estimate of drug-likeness (QED) is 0.217. The lowest BCUT2D eigenvalue weighted by Crippen LogP contribution is -2.55. The first-order valence-corrected chi connectivity index (χ1v) is 14.8. The van der Waals surface area contributed by atoms with Gasteiger partial charge in [0.1, 0.15) is 12.3 Å². The Balaban J connectivity index is 1.40. The summed E-state index contributed by atoms with van der Waals surface area (Å²) in [6, 6.07) is 8.77. The van der Waals surface area contributed by atoms with E-state index >= 15 is 0 Å². The van der Waals surface area contributed by atoms with Crippen molar-refractivity contribution in [2.75, 3.05) is 72.5 Å². The number of benzene rings is 1. The van der Waals surface area contributed by atoms with Gasteiger partial charge in [-0.2, -0.15) is 8.42 Å². The Bertz CT molecular complexity index is 793. The maximum atomic E-state index is 10.9. The van der Waals surface area contributed by atoms with E-state index in [4.69, 9.17) is 22.6 Å². The molecule has 0 radical (unpaired) electrons. The highest BCUT2D eigenvalue weighted by Crippen LogP contribution is 2.22. The van der Waals surface area contributed by atoms with Crippen molar-refractivity contribution in [3.05, 3.63) is 29.8 Å². The molecule has 1 aromatic rings. The molecule has 3 aliphatic rings. The predicted octanol–water partition coefficient (Wildman–Crippen LogP) is 1.63.